The SMILES string of the molecule is O=C(O)COc1ccc(-c2ccccc2)cc1-c1cc(-c2ccc(F)cc2)n(-c2cccc(Cl)c2)n1. The van der Waals surface area contributed by atoms with Gasteiger partial charge in [0.25, 0.3) is 0 Å². The summed E-state index contributed by atoms with van der Waals surface area (Å²) in [7, 11) is 0. The molecule has 0 aliphatic rings. The van der Waals surface area contributed by atoms with Crippen molar-refractivity contribution in [2.45, 2.75) is 0 Å². The van der Waals surface area contributed by atoms with Gasteiger partial charge in [-0.2, -0.15) is 5.10 Å². The Morgan fingerprint density at radius 3 is 2.33 bits per heavy atom. The van der Waals surface area contributed by atoms with Gasteiger partial charge in [-0.1, -0.05) is 54.1 Å². The Hall–Kier alpha value is -4.42. The van der Waals surface area contributed by atoms with E-state index in [0.717, 1.165) is 22.4 Å². The summed E-state index contributed by atoms with van der Waals surface area (Å²) in [5.74, 6) is -1.03. The van der Waals surface area contributed by atoms with Gasteiger partial charge in [0, 0.05) is 16.1 Å². The molecule has 7 heteroatoms. The molecule has 36 heavy (non-hydrogen) atoms. The molecule has 0 saturated heterocycles. The van der Waals surface area contributed by atoms with Gasteiger partial charge in [-0.15, -0.1) is 0 Å². The van der Waals surface area contributed by atoms with Crippen LogP contribution in [0.1, 0.15) is 0 Å². The van der Waals surface area contributed by atoms with Crippen molar-refractivity contribution in [3.05, 3.63) is 114 Å². The topological polar surface area (TPSA) is 64.3 Å². The smallest absolute Gasteiger partial charge is 0.341 e. The Morgan fingerprint density at radius 1 is 0.861 bits per heavy atom. The van der Waals surface area contributed by atoms with E-state index in [0.29, 0.717) is 27.7 Å². The Kier molecular flexibility index (Phi) is 6.52. The number of hydrogen-bond donors (Lipinski definition) is 1. The van der Waals surface area contributed by atoms with Crippen LogP contribution in [0.4, 0.5) is 4.39 Å². The van der Waals surface area contributed by atoms with Crippen molar-refractivity contribution < 1.29 is 19.0 Å². The molecule has 0 spiro atoms. The molecule has 1 heterocycles. The van der Waals surface area contributed by atoms with Gasteiger partial charge >= 0.3 is 5.97 Å². The highest BCUT2D eigenvalue weighted by Gasteiger charge is 2.18. The minimum absolute atomic E-state index is 0.340. The predicted octanol–water partition coefficient (Wildman–Crippen LogP) is 7.13. The number of ether oxygens (including phenoxy) is 1. The first-order valence-corrected chi connectivity index (χ1v) is 11.5. The van der Waals surface area contributed by atoms with Gasteiger partial charge in [-0.05, 0) is 71.8 Å². The average Bonchev–Trinajstić information content (AvgIpc) is 3.34. The highest BCUT2D eigenvalue weighted by Crippen LogP contribution is 2.37. The molecule has 178 valence electrons. The number of rotatable bonds is 7. The van der Waals surface area contributed by atoms with E-state index in [9.17, 15) is 14.3 Å². The molecule has 0 saturated carbocycles. The molecular weight excluding hydrogens is 479 g/mol. The van der Waals surface area contributed by atoms with Crippen LogP contribution in [0.3, 0.4) is 0 Å². The lowest BCUT2D eigenvalue weighted by Gasteiger charge is -2.11. The molecule has 0 bridgehead atoms. The molecule has 5 rings (SSSR count). The molecule has 5 nitrogen and oxygen atoms in total. The van der Waals surface area contributed by atoms with Crippen LogP contribution in [0.25, 0.3) is 39.3 Å². The second kappa shape index (κ2) is 10.1. The standard InChI is InChI=1S/C29H20ClFN2O3/c30-22-7-4-8-24(16-22)33-27(20-9-12-23(31)13-10-20)17-26(32-33)25-15-21(19-5-2-1-3-6-19)11-14-28(25)36-18-29(34)35/h1-17H,18H2,(H,34,35). The zero-order valence-corrected chi connectivity index (χ0v) is 19.7. The number of nitrogens with zero attached hydrogens (tertiary/aromatic N) is 2. The summed E-state index contributed by atoms with van der Waals surface area (Å²) in [4.78, 5) is 11.2. The van der Waals surface area contributed by atoms with Gasteiger partial charge in [0.2, 0.25) is 0 Å². The molecular formula is C29H20ClFN2O3. The quantitative estimate of drug-likeness (QED) is 0.259. The summed E-state index contributed by atoms with van der Waals surface area (Å²) in [5.41, 5.74) is 5.30. The number of benzene rings is 4. The zero-order valence-electron chi connectivity index (χ0n) is 18.9. The van der Waals surface area contributed by atoms with Crippen molar-refractivity contribution >= 4 is 17.6 Å². The van der Waals surface area contributed by atoms with E-state index in [1.54, 1.807) is 35.0 Å². The Bertz CT molecular complexity index is 1530. The third-order valence-electron chi connectivity index (χ3n) is 5.62. The van der Waals surface area contributed by atoms with E-state index >= 15 is 0 Å². The normalized spacial score (nSPS) is 10.8. The molecule has 0 radical (unpaired) electrons. The summed E-state index contributed by atoms with van der Waals surface area (Å²) in [6.07, 6.45) is 0. The van der Waals surface area contributed by atoms with Crippen LogP contribution < -0.4 is 4.74 Å². The molecule has 5 aromatic rings. The summed E-state index contributed by atoms with van der Waals surface area (Å²) in [6.45, 7) is -0.489. The van der Waals surface area contributed by atoms with Gasteiger partial charge in [0.1, 0.15) is 11.6 Å². The fourth-order valence-electron chi connectivity index (χ4n) is 3.95. The van der Waals surface area contributed by atoms with Crippen molar-refractivity contribution in [2.75, 3.05) is 6.61 Å². The number of carboxylic acid groups (broad SMARTS) is 1. The number of carbonyl (C=O) groups is 1. The number of aliphatic carboxylic acids is 1. The highest BCUT2D eigenvalue weighted by molar-refractivity contribution is 6.30. The monoisotopic (exact) mass is 498 g/mol. The van der Waals surface area contributed by atoms with Gasteiger partial charge in [-0.3, -0.25) is 0 Å². The summed E-state index contributed by atoms with van der Waals surface area (Å²) in [6, 6.07) is 30.6. The molecule has 0 amide bonds. The molecule has 0 atom stereocenters. The maximum absolute atomic E-state index is 13.7. The maximum Gasteiger partial charge on any atom is 0.341 e. The van der Waals surface area contributed by atoms with Crippen LogP contribution >= 0.6 is 11.6 Å². The van der Waals surface area contributed by atoms with E-state index in [4.69, 9.17) is 21.4 Å². The van der Waals surface area contributed by atoms with Gasteiger partial charge in [0.15, 0.2) is 6.61 Å². The molecule has 0 fully saturated rings. The van der Waals surface area contributed by atoms with Crippen LogP contribution in [0.15, 0.2) is 103 Å². The predicted molar refractivity (Wildman–Crippen MR) is 138 cm³/mol. The Labute approximate surface area is 212 Å². The fourth-order valence-corrected chi connectivity index (χ4v) is 4.13. The van der Waals surface area contributed by atoms with Gasteiger partial charge in [0.05, 0.1) is 17.1 Å². The molecule has 4 aromatic carbocycles. The van der Waals surface area contributed by atoms with Crippen molar-refractivity contribution in [2.24, 2.45) is 0 Å². The Morgan fingerprint density at radius 2 is 1.61 bits per heavy atom. The van der Waals surface area contributed by atoms with Crippen LogP contribution in [-0.4, -0.2) is 27.5 Å². The van der Waals surface area contributed by atoms with E-state index in [2.05, 4.69) is 0 Å². The minimum Gasteiger partial charge on any atom is -0.481 e. The van der Waals surface area contributed by atoms with E-state index in [-0.39, 0.29) is 5.82 Å². The van der Waals surface area contributed by atoms with Crippen LogP contribution in [0.2, 0.25) is 5.02 Å². The number of aromatic nitrogens is 2. The molecule has 1 N–H and O–H groups in total. The van der Waals surface area contributed by atoms with Crippen LogP contribution in [-0.2, 0) is 4.79 Å². The number of halogens is 2. The number of hydrogen-bond acceptors (Lipinski definition) is 3. The maximum atomic E-state index is 13.7. The summed E-state index contributed by atoms with van der Waals surface area (Å²) >= 11 is 6.26. The first kappa shape index (κ1) is 23.3. The van der Waals surface area contributed by atoms with E-state index < -0.39 is 12.6 Å². The molecule has 0 aliphatic heterocycles. The summed E-state index contributed by atoms with van der Waals surface area (Å²) in [5, 5.41) is 14.6. The van der Waals surface area contributed by atoms with Crippen LogP contribution in [0.5, 0.6) is 5.75 Å². The second-order valence-electron chi connectivity index (χ2n) is 8.07. The first-order valence-electron chi connectivity index (χ1n) is 11.1. The fraction of sp³-hybridized carbons (Fsp3) is 0.0345. The van der Waals surface area contributed by atoms with E-state index in [1.807, 2.05) is 60.7 Å². The average molecular weight is 499 g/mol. The zero-order chi connectivity index (χ0) is 25.1. The summed E-state index contributed by atoms with van der Waals surface area (Å²) < 4.78 is 21.0. The van der Waals surface area contributed by atoms with Crippen molar-refractivity contribution in [3.63, 3.8) is 0 Å². The number of carboxylic acids is 1. The molecule has 1 aromatic heterocycles. The molecule has 0 aliphatic carbocycles. The lowest BCUT2D eigenvalue weighted by Crippen LogP contribution is -2.10. The third kappa shape index (κ3) is 4.99. The third-order valence-corrected chi connectivity index (χ3v) is 5.85. The van der Waals surface area contributed by atoms with Crippen molar-refractivity contribution in [1.29, 1.82) is 0 Å². The van der Waals surface area contributed by atoms with Crippen molar-refractivity contribution in [1.82, 2.24) is 9.78 Å². The van der Waals surface area contributed by atoms with E-state index in [1.165, 1.54) is 12.1 Å². The van der Waals surface area contributed by atoms with Crippen LogP contribution in [0, 0.1) is 5.82 Å². The lowest BCUT2D eigenvalue weighted by atomic mass is 10.0. The second-order valence-corrected chi connectivity index (χ2v) is 8.51. The lowest BCUT2D eigenvalue weighted by molar-refractivity contribution is -0.139. The van der Waals surface area contributed by atoms with Gasteiger partial charge in [-0.25, -0.2) is 13.9 Å². The molecule has 0 unspecified atom stereocenters. The van der Waals surface area contributed by atoms with Crippen molar-refractivity contribution in [3.8, 4) is 45.1 Å². The highest BCUT2D eigenvalue weighted by atomic mass is 35.5. The Balaban J connectivity index is 1.70. The van der Waals surface area contributed by atoms with Gasteiger partial charge < -0.3 is 9.84 Å². The first-order chi connectivity index (χ1) is 17.5. The minimum atomic E-state index is -1.08. The largest absolute Gasteiger partial charge is 0.481 e.